The van der Waals surface area contributed by atoms with Gasteiger partial charge in [-0.1, -0.05) is 13.3 Å². The molecule has 0 saturated carbocycles. The van der Waals surface area contributed by atoms with E-state index in [1.807, 2.05) is 18.5 Å². The number of carboxylic acids is 1. The fourth-order valence-corrected chi connectivity index (χ4v) is 2.41. The fraction of sp³-hybridized carbons (Fsp3) is 0.706. The first-order chi connectivity index (χ1) is 11.0. The molecule has 1 unspecified atom stereocenters. The average Bonchev–Trinajstić information content (AvgIpc) is 2.69. The number of aryl methyl sites for hydroxylation is 2. The van der Waals surface area contributed by atoms with E-state index >= 15 is 0 Å². The highest BCUT2D eigenvalue weighted by Crippen LogP contribution is 2.17. The highest BCUT2D eigenvalue weighted by Gasteiger charge is 2.26. The molecule has 0 aromatic carbocycles. The Morgan fingerprint density at radius 3 is 2.46 bits per heavy atom. The Kier molecular flexibility index (Phi) is 6.81. The molecular formula is C17H29N3O4. The van der Waals surface area contributed by atoms with Crippen molar-refractivity contribution in [3.8, 4) is 0 Å². The van der Waals surface area contributed by atoms with Crippen LogP contribution in [0.2, 0.25) is 0 Å². The first-order valence-corrected chi connectivity index (χ1v) is 8.30. The predicted octanol–water partition coefficient (Wildman–Crippen LogP) is 2.82. The molecule has 136 valence electrons. The summed E-state index contributed by atoms with van der Waals surface area (Å²) in [6.45, 7) is 11.9. The topological polar surface area (TPSA) is 93.5 Å². The minimum absolute atomic E-state index is 0.179. The second-order valence-electron chi connectivity index (χ2n) is 6.97. The van der Waals surface area contributed by atoms with E-state index in [0.717, 1.165) is 36.3 Å². The maximum absolute atomic E-state index is 11.9. The molecule has 1 aromatic heterocycles. The van der Waals surface area contributed by atoms with Crippen molar-refractivity contribution in [1.82, 2.24) is 15.1 Å². The molecule has 1 heterocycles. The summed E-state index contributed by atoms with van der Waals surface area (Å²) in [6.07, 6.45) is 1.52. The zero-order valence-electron chi connectivity index (χ0n) is 15.5. The van der Waals surface area contributed by atoms with E-state index in [9.17, 15) is 14.7 Å². The van der Waals surface area contributed by atoms with Gasteiger partial charge in [-0.3, -0.25) is 4.68 Å². The van der Waals surface area contributed by atoms with Gasteiger partial charge >= 0.3 is 12.1 Å². The normalized spacial score (nSPS) is 12.8. The lowest BCUT2D eigenvalue weighted by Crippen LogP contribution is -2.44. The van der Waals surface area contributed by atoms with E-state index in [1.54, 1.807) is 20.8 Å². The number of carboxylic acid groups (broad SMARTS) is 1. The van der Waals surface area contributed by atoms with Crippen LogP contribution in [0.1, 0.15) is 57.5 Å². The summed E-state index contributed by atoms with van der Waals surface area (Å²) in [5.74, 6) is -1.10. The van der Waals surface area contributed by atoms with Crippen LogP contribution in [-0.4, -0.2) is 38.6 Å². The first-order valence-electron chi connectivity index (χ1n) is 8.30. The number of nitrogens with one attached hydrogen (secondary N) is 1. The van der Waals surface area contributed by atoms with Crippen molar-refractivity contribution in [3.05, 3.63) is 17.0 Å². The van der Waals surface area contributed by atoms with Crippen molar-refractivity contribution in [2.24, 2.45) is 0 Å². The third-order valence-corrected chi connectivity index (χ3v) is 3.65. The van der Waals surface area contributed by atoms with Crippen LogP contribution in [0.5, 0.6) is 0 Å². The quantitative estimate of drug-likeness (QED) is 0.797. The molecule has 7 heteroatoms. The van der Waals surface area contributed by atoms with E-state index in [2.05, 4.69) is 17.3 Å². The number of aliphatic carboxylic acids is 1. The summed E-state index contributed by atoms with van der Waals surface area (Å²) in [6, 6.07) is -1.05. The molecule has 0 saturated heterocycles. The molecule has 0 aliphatic carbocycles. The molecule has 2 N–H and O–H groups in total. The highest BCUT2D eigenvalue weighted by molar-refractivity contribution is 5.80. The number of carbonyl (C=O) groups excluding carboxylic acids is 1. The number of hydrogen-bond donors (Lipinski definition) is 2. The molecule has 1 rings (SSSR count). The number of unbranched alkanes of at least 4 members (excludes halogenated alkanes) is 1. The van der Waals surface area contributed by atoms with Crippen LogP contribution in [-0.2, 0) is 22.5 Å². The summed E-state index contributed by atoms with van der Waals surface area (Å²) < 4.78 is 7.04. The third-order valence-electron chi connectivity index (χ3n) is 3.65. The average molecular weight is 339 g/mol. The van der Waals surface area contributed by atoms with E-state index in [-0.39, 0.29) is 6.42 Å². The first kappa shape index (κ1) is 20.0. The summed E-state index contributed by atoms with van der Waals surface area (Å²) in [7, 11) is 0. The minimum Gasteiger partial charge on any atom is -0.480 e. The van der Waals surface area contributed by atoms with Crippen LogP contribution >= 0.6 is 0 Å². The molecule has 24 heavy (non-hydrogen) atoms. The van der Waals surface area contributed by atoms with Crippen molar-refractivity contribution in [2.45, 2.75) is 79.0 Å². The number of alkyl carbamates (subject to hydrolysis) is 1. The van der Waals surface area contributed by atoms with Crippen molar-refractivity contribution >= 4 is 12.1 Å². The summed E-state index contributed by atoms with van der Waals surface area (Å²) in [5, 5.41) is 16.3. The van der Waals surface area contributed by atoms with Gasteiger partial charge in [-0.05, 0) is 46.6 Å². The highest BCUT2D eigenvalue weighted by atomic mass is 16.6. The van der Waals surface area contributed by atoms with E-state index in [4.69, 9.17) is 4.74 Å². The van der Waals surface area contributed by atoms with Crippen LogP contribution in [0, 0.1) is 13.8 Å². The second-order valence-corrected chi connectivity index (χ2v) is 6.97. The molecule has 0 spiro atoms. The Bertz CT molecular complexity index is 587. The van der Waals surface area contributed by atoms with Crippen LogP contribution < -0.4 is 5.32 Å². The Hall–Kier alpha value is -2.05. The molecule has 1 amide bonds. The van der Waals surface area contributed by atoms with Gasteiger partial charge in [0, 0.05) is 18.7 Å². The fourth-order valence-electron chi connectivity index (χ4n) is 2.41. The zero-order chi connectivity index (χ0) is 18.5. The van der Waals surface area contributed by atoms with Gasteiger partial charge in [0.05, 0.1) is 5.69 Å². The van der Waals surface area contributed by atoms with Crippen LogP contribution in [0.15, 0.2) is 0 Å². The summed E-state index contributed by atoms with van der Waals surface area (Å²) in [5.41, 5.74) is 1.91. The van der Waals surface area contributed by atoms with E-state index < -0.39 is 23.7 Å². The molecular weight excluding hydrogens is 310 g/mol. The van der Waals surface area contributed by atoms with Crippen LogP contribution in [0.3, 0.4) is 0 Å². The van der Waals surface area contributed by atoms with Crippen molar-refractivity contribution in [2.75, 3.05) is 0 Å². The maximum Gasteiger partial charge on any atom is 0.408 e. The van der Waals surface area contributed by atoms with Gasteiger partial charge in [0.2, 0.25) is 0 Å². The molecule has 1 atom stereocenters. The number of amides is 1. The number of rotatable bonds is 7. The van der Waals surface area contributed by atoms with Crippen LogP contribution in [0.4, 0.5) is 4.79 Å². The number of ether oxygens (including phenoxy) is 1. The summed E-state index contributed by atoms with van der Waals surface area (Å²) >= 11 is 0. The van der Waals surface area contributed by atoms with Crippen molar-refractivity contribution in [3.63, 3.8) is 0 Å². The van der Waals surface area contributed by atoms with Gasteiger partial charge in [-0.2, -0.15) is 5.10 Å². The van der Waals surface area contributed by atoms with Gasteiger partial charge in [-0.25, -0.2) is 9.59 Å². The number of hydrogen-bond acceptors (Lipinski definition) is 4. The Labute approximate surface area is 143 Å². The molecule has 0 fully saturated rings. The molecule has 0 radical (unpaired) electrons. The monoisotopic (exact) mass is 339 g/mol. The molecule has 0 aliphatic heterocycles. The Morgan fingerprint density at radius 1 is 1.33 bits per heavy atom. The maximum atomic E-state index is 11.9. The van der Waals surface area contributed by atoms with Gasteiger partial charge in [0.25, 0.3) is 0 Å². The number of nitrogens with zero attached hydrogens (tertiary/aromatic N) is 2. The standard InChI is InChI=1S/C17H29N3O4/c1-7-8-9-20-12(3)13(11(2)19-20)10-14(15(21)22)18-16(23)24-17(4,5)6/h14H,7-10H2,1-6H3,(H,18,23)(H,21,22). The molecule has 7 nitrogen and oxygen atoms in total. The summed E-state index contributed by atoms with van der Waals surface area (Å²) in [4.78, 5) is 23.4. The predicted molar refractivity (Wildman–Crippen MR) is 91.1 cm³/mol. The Balaban J connectivity index is 2.88. The van der Waals surface area contributed by atoms with Crippen molar-refractivity contribution in [1.29, 1.82) is 0 Å². The zero-order valence-corrected chi connectivity index (χ0v) is 15.5. The minimum atomic E-state index is -1.10. The number of aromatic nitrogens is 2. The molecule has 0 aliphatic rings. The van der Waals surface area contributed by atoms with Crippen LogP contribution in [0.25, 0.3) is 0 Å². The van der Waals surface area contributed by atoms with Crippen molar-refractivity contribution < 1.29 is 19.4 Å². The molecule has 1 aromatic rings. The van der Waals surface area contributed by atoms with E-state index in [0.29, 0.717) is 0 Å². The van der Waals surface area contributed by atoms with Gasteiger partial charge in [0.15, 0.2) is 0 Å². The second kappa shape index (κ2) is 8.17. The lowest BCUT2D eigenvalue weighted by Gasteiger charge is -2.22. The van der Waals surface area contributed by atoms with Gasteiger partial charge in [-0.15, -0.1) is 0 Å². The SMILES string of the molecule is CCCCn1nc(C)c(CC(NC(=O)OC(C)(C)C)C(=O)O)c1C. The van der Waals surface area contributed by atoms with E-state index in [1.165, 1.54) is 0 Å². The third kappa shape index (κ3) is 5.86. The lowest BCUT2D eigenvalue weighted by molar-refractivity contribution is -0.139. The smallest absolute Gasteiger partial charge is 0.408 e. The van der Waals surface area contributed by atoms with Gasteiger partial charge < -0.3 is 15.2 Å². The number of carbonyl (C=O) groups is 2. The Morgan fingerprint density at radius 2 is 1.96 bits per heavy atom. The lowest BCUT2D eigenvalue weighted by atomic mass is 10.0. The molecule has 0 bridgehead atoms. The van der Waals surface area contributed by atoms with Gasteiger partial charge in [0.1, 0.15) is 11.6 Å². The largest absolute Gasteiger partial charge is 0.480 e.